The second-order valence-electron chi connectivity index (χ2n) is 7.56. The van der Waals surface area contributed by atoms with Crippen LogP contribution < -0.4 is 0 Å². The molecular formula is C15H27N3O2S. The molecule has 0 aliphatic carbocycles. The number of hydrogen-bond acceptors (Lipinski definition) is 4. The highest BCUT2D eigenvalue weighted by molar-refractivity contribution is 7.99. The monoisotopic (exact) mass is 313 g/mol. The maximum Gasteiger partial charge on any atom is 0.313 e. The van der Waals surface area contributed by atoms with E-state index in [4.69, 9.17) is 5.11 Å². The lowest BCUT2D eigenvalue weighted by atomic mass is 9.80. The number of carbonyl (C=O) groups is 1. The van der Waals surface area contributed by atoms with Gasteiger partial charge in [0.15, 0.2) is 5.16 Å². The fourth-order valence-corrected chi connectivity index (χ4v) is 2.77. The Hall–Kier alpha value is -1.04. The van der Waals surface area contributed by atoms with Gasteiger partial charge in [0.25, 0.3) is 0 Å². The van der Waals surface area contributed by atoms with Crippen LogP contribution in [0.1, 0.15) is 54.3 Å². The number of aromatic nitrogens is 3. The van der Waals surface area contributed by atoms with Crippen molar-refractivity contribution in [3.8, 4) is 0 Å². The summed E-state index contributed by atoms with van der Waals surface area (Å²) in [5, 5.41) is 18.0. The summed E-state index contributed by atoms with van der Waals surface area (Å²) in [6.45, 7) is 15.1. The quantitative estimate of drug-likeness (QED) is 0.843. The molecule has 0 saturated carbocycles. The summed E-state index contributed by atoms with van der Waals surface area (Å²) >= 11 is 1.23. The molecule has 1 unspecified atom stereocenters. The third-order valence-electron chi connectivity index (χ3n) is 3.66. The Morgan fingerprint density at radius 3 is 2.24 bits per heavy atom. The van der Waals surface area contributed by atoms with Crippen LogP contribution in [-0.4, -0.2) is 31.6 Å². The molecule has 1 N–H and O–H groups in total. The van der Waals surface area contributed by atoms with Gasteiger partial charge in [-0.1, -0.05) is 39.5 Å². The van der Waals surface area contributed by atoms with E-state index in [-0.39, 0.29) is 16.7 Å². The minimum atomic E-state index is -0.840. The maximum absolute atomic E-state index is 10.8. The van der Waals surface area contributed by atoms with Crippen LogP contribution in [0.15, 0.2) is 5.16 Å². The van der Waals surface area contributed by atoms with E-state index in [9.17, 15) is 4.79 Å². The molecule has 6 heteroatoms. The van der Waals surface area contributed by atoms with Crippen molar-refractivity contribution < 1.29 is 9.90 Å². The first kappa shape index (κ1) is 18.0. The van der Waals surface area contributed by atoms with E-state index in [0.717, 1.165) is 12.2 Å². The smallest absolute Gasteiger partial charge is 0.313 e. The molecule has 0 bridgehead atoms. The number of nitrogens with zero attached hydrogens (tertiary/aromatic N) is 3. The van der Waals surface area contributed by atoms with Crippen molar-refractivity contribution in [3.63, 3.8) is 0 Å². The van der Waals surface area contributed by atoms with Gasteiger partial charge in [-0.2, -0.15) is 0 Å². The molecule has 0 aliphatic heterocycles. The van der Waals surface area contributed by atoms with E-state index in [1.807, 2.05) is 0 Å². The molecule has 0 saturated heterocycles. The summed E-state index contributed by atoms with van der Waals surface area (Å²) in [6, 6.07) is 0. The van der Waals surface area contributed by atoms with Crippen LogP contribution in [0.25, 0.3) is 0 Å². The Bertz CT molecular complexity index is 498. The van der Waals surface area contributed by atoms with Crippen LogP contribution in [0.2, 0.25) is 0 Å². The average molecular weight is 313 g/mol. The highest BCUT2D eigenvalue weighted by Gasteiger charge is 2.28. The maximum atomic E-state index is 10.8. The van der Waals surface area contributed by atoms with E-state index in [2.05, 4.69) is 63.2 Å². The average Bonchev–Trinajstić information content (AvgIpc) is 2.67. The second-order valence-corrected chi connectivity index (χ2v) is 8.50. The van der Waals surface area contributed by atoms with Crippen LogP contribution in [0.5, 0.6) is 0 Å². The molecule has 120 valence electrons. The zero-order chi connectivity index (χ0) is 16.4. The van der Waals surface area contributed by atoms with Crippen molar-refractivity contribution in [1.29, 1.82) is 0 Å². The third-order valence-corrected chi connectivity index (χ3v) is 4.58. The van der Waals surface area contributed by atoms with Gasteiger partial charge in [0, 0.05) is 12.0 Å². The predicted octanol–water partition coefficient (Wildman–Crippen LogP) is 3.43. The number of rotatable bonds is 5. The lowest BCUT2D eigenvalue weighted by Crippen LogP contribution is -2.28. The van der Waals surface area contributed by atoms with Crippen molar-refractivity contribution in [2.45, 2.75) is 65.6 Å². The highest BCUT2D eigenvalue weighted by Crippen LogP contribution is 2.31. The fraction of sp³-hybridized carbons (Fsp3) is 0.800. The SMILES string of the molecule is CC(Cc1nnc(SCC(=O)O)n1C(C)(C)C)C(C)(C)C. The molecule has 1 atom stereocenters. The summed E-state index contributed by atoms with van der Waals surface area (Å²) in [5.41, 5.74) is 0.0281. The van der Waals surface area contributed by atoms with Crippen LogP contribution in [0.4, 0.5) is 0 Å². The van der Waals surface area contributed by atoms with Gasteiger partial charge >= 0.3 is 5.97 Å². The molecule has 21 heavy (non-hydrogen) atoms. The molecule has 1 aromatic rings. The summed E-state index contributed by atoms with van der Waals surface area (Å²) < 4.78 is 2.07. The van der Waals surface area contributed by atoms with Gasteiger partial charge in [-0.15, -0.1) is 10.2 Å². The number of hydrogen-bond donors (Lipinski definition) is 1. The highest BCUT2D eigenvalue weighted by atomic mass is 32.2. The Labute approximate surface area is 131 Å². The van der Waals surface area contributed by atoms with Crippen molar-refractivity contribution in [2.75, 3.05) is 5.75 Å². The van der Waals surface area contributed by atoms with Crippen molar-refractivity contribution in [2.24, 2.45) is 11.3 Å². The first-order valence-electron chi connectivity index (χ1n) is 7.22. The minimum Gasteiger partial charge on any atom is -0.481 e. The van der Waals surface area contributed by atoms with E-state index in [1.165, 1.54) is 11.8 Å². The number of carboxylic acid groups (broad SMARTS) is 1. The number of thioether (sulfide) groups is 1. The summed E-state index contributed by atoms with van der Waals surface area (Å²) in [4.78, 5) is 10.8. The summed E-state index contributed by atoms with van der Waals surface area (Å²) in [6.07, 6.45) is 0.835. The molecule has 1 heterocycles. The Kier molecular flexibility index (Phi) is 5.47. The molecule has 0 aromatic carbocycles. The first-order chi connectivity index (χ1) is 9.43. The summed E-state index contributed by atoms with van der Waals surface area (Å²) in [5.74, 6) is 0.550. The molecule has 1 aromatic heterocycles. The van der Waals surface area contributed by atoms with Gasteiger partial charge in [0.2, 0.25) is 0 Å². The van der Waals surface area contributed by atoms with E-state index in [1.54, 1.807) is 0 Å². The predicted molar refractivity (Wildman–Crippen MR) is 85.7 cm³/mol. The molecule has 0 radical (unpaired) electrons. The van der Waals surface area contributed by atoms with Gasteiger partial charge in [-0.3, -0.25) is 4.79 Å². The standard InChI is InChI=1S/C15H27N3O2S/c1-10(14(2,3)4)8-11-16-17-13(21-9-12(19)20)18(11)15(5,6)7/h10H,8-9H2,1-7H3,(H,19,20). The van der Waals surface area contributed by atoms with Gasteiger partial charge in [0.05, 0.1) is 5.75 Å². The molecule has 0 spiro atoms. The van der Waals surface area contributed by atoms with Crippen LogP contribution in [0, 0.1) is 11.3 Å². The van der Waals surface area contributed by atoms with Crippen LogP contribution >= 0.6 is 11.8 Å². The molecule has 0 amide bonds. The Balaban J connectivity index is 3.07. The van der Waals surface area contributed by atoms with E-state index >= 15 is 0 Å². The Morgan fingerprint density at radius 1 is 1.24 bits per heavy atom. The van der Waals surface area contributed by atoms with Crippen LogP contribution in [-0.2, 0) is 16.8 Å². The number of carboxylic acids is 1. The van der Waals surface area contributed by atoms with Gasteiger partial charge < -0.3 is 9.67 Å². The lowest BCUT2D eigenvalue weighted by molar-refractivity contribution is -0.133. The topological polar surface area (TPSA) is 68.0 Å². The molecule has 0 fully saturated rings. The van der Waals surface area contributed by atoms with E-state index in [0.29, 0.717) is 11.1 Å². The zero-order valence-electron chi connectivity index (χ0n) is 14.1. The molecule has 0 aliphatic rings. The van der Waals surface area contributed by atoms with Crippen molar-refractivity contribution in [3.05, 3.63) is 5.82 Å². The van der Waals surface area contributed by atoms with Crippen LogP contribution in [0.3, 0.4) is 0 Å². The van der Waals surface area contributed by atoms with Gasteiger partial charge in [-0.25, -0.2) is 0 Å². The zero-order valence-corrected chi connectivity index (χ0v) is 14.9. The summed E-state index contributed by atoms with van der Waals surface area (Å²) in [7, 11) is 0. The Morgan fingerprint density at radius 2 is 1.81 bits per heavy atom. The first-order valence-corrected chi connectivity index (χ1v) is 8.21. The third kappa shape index (κ3) is 5.02. The van der Waals surface area contributed by atoms with Crippen molar-refractivity contribution >= 4 is 17.7 Å². The van der Waals surface area contributed by atoms with Gasteiger partial charge in [-0.05, 0) is 32.1 Å². The normalized spacial score (nSPS) is 14.2. The largest absolute Gasteiger partial charge is 0.481 e. The fourth-order valence-electron chi connectivity index (χ4n) is 1.91. The van der Waals surface area contributed by atoms with Crippen molar-refractivity contribution in [1.82, 2.24) is 14.8 Å². The number of aliphatic carboxylic acids is 1. The lowest BCUT2D eigenvalue weighted by Gasteiger charge is -2.29. The molecular weight excluding hydrogens is 286 g/mol. The van der Waals surface area contributed by atoms with Gasteiger partial charge in [0.1, 0.15) is 5.82 Å². The molecule has 5 nitrogen and oxygen atoms in total. The minimum absolute atomic E-state index is 0.00301. The molecule has 1 rings (SSSR count). The second kappa shape index (κ2) is 6.38. The van der Waals surface area contributed by atoms with E-state index < -0.39 is 5.97 Å².